The summed E-state index contributed by atoms with van der Waals surface area (Å²) in [6.45, 7) is 4.43. The summed E-state index contributed by atoms with van der Waals surface area (Å²) >= 11 is 5.70. The molecule has 1 aliphatic rings. The van der Waals surface area contributed by atoms with Crippen molar-refractivity contribution in [2.75, 3.05) is 6.54 Å². The predicted octanol–water partition coefficient (Wildman–Crippen LogP) is 1.84. The molecule has 0 amide bonds. The van der Waals surface area contributed by atoms with Gasteiger partial charge < -0.3 is 4.98 Å². The number of H-pyrrole nitrogens is 1. The summed E-state index contributed by atoms with van der Waals surface area (Å²) in [5.41, 5.74) is -0.484. The van der Waals surface area contributed by atoms with Crippen molar-refractivity contribution in [2.24, 2.45) is 5.92 Å². The highest BCUT2D eigenvalue weighted by Crippen LogP contribution is 2.32. The van der Waals surface area contributed by atoms with E-state index in [0.717, 1.165) is 12.8 Å². The van der Waals surface area contributed by atoms with Crippen LogP contribution >= 0.6 is 11.6 Å². The minimum absolute atomic E-state index is 0.0460. The summed E-state index contributed by atoms with van der Waals surface area (Å²) in [6.07, 6.45) is 2.99. The fraction of sp³-hybridized carbons (Fsp3) is 0.583. The molecular formula is C12H17ClN2O3S. The highest BCUT2D eigenvalue weighted by Gasteiger charge is 2.38. The molecule has 0 aliphatic heterocycles. The smallest absolute Gasteiger partial charge is 0.266 e. The van der Waals surface area contributed by atoms with Gasteiger partial charge in [-0.1, -0.05) is 25.4 Å². The van der Waals surface area contributed by atoms with Crippen molar-refractivity contribution >= 4 is 21.6 Å². The molecule has 106 valence electrons. The number of aromatic nitrogens is 1. The lowest BCUT2D eigenvalue weighted by molar-refractivity contribution is 0.360. The van der Waals surface area contributed by atoms with E-state index in [0.29, 0.717) is 6.54 Å². The van der Waals surface area contributed by atoms with Crippen LogP contribution in [-0.4, -0.2) is 30.3 Å². The molecule has 1 saturated carbocycles. The Morgan fingerprint density at radius 3 is 2.58 bits per heavy atom. The molecule has 1 N–H and O–H groups in total. The van der Waals surface area contributed by atoms with Crippen LogP contribution in [0, 0.1) is 5.92 Å². The molecule has 1 aliphatic carbocycles. The maximum absolute atomic E-state index is 12.6. The molecule has 5 nitrogen and oxygen atoms in total. The van der Waals surface area contributed by atoms with Gasteiger partial charge in [0.1, 0.15) is 5.02 Å². The fourth-order valence-electron chi connectivity index (χ4n) is 1.89. The van der Waals surface area contributed by atoms with Gasteiger partial charge in [-0.3, -0.25) is 4.79 Å². The molecule has 0 spiro atoms. The van der Waals surface area contributed by atoms with Crippen molar-refractivity contribution in [2.45, 2.75) is 37.6 Å². The summed E-state index contributed by atoms with van der Waals surface area (Å²) in [5, 5.41) is -0.110. The zero-order valence-corrected chi connectivity index (χ0v) is 12.5. The molecule has 0 atom stereocenters. The second-order valence-electron chi connectivity index (χ2n) is 5.21. The average molecular weight is 305 g/mol. The normalized spacial score (nSPS) is 16.3. The van der Waals surface area contributed by atoms with Gasteiger partial charge >= 0.3 is 0 Å². The molecule has 2 rings (SSSR count). The predicted molar refractivity (Wildman–Crippen MR) is 73.8 cm³/mol. The van der Waals surface area contributed by atoms with Crippen LogP contribution in [0.15, 0.2) is 22.0 Å². The maximum Gasteiger partial charge on any atom is 0.266 e. The first-order valence-corrected chi connectivity index (χ1v) is 8.04. The number of hydrogen-bond acceptors (Lipinski definition) is 3. The van der Waals surface area contributed by atoms with Crippen LogP contribution in [0.25, 0.3) is 0 Å². The fourth-order valence-corrected chi connectivity index (χ4v) is 3.97. The Labute approximate surface area is 117 Å². The van der Waals surface area contributed by atoms with Crippen LogP contribution in [-0.2, 0) is 10.0 Å². The van der Waals surface area contributed by atoms with Crippen molar-refractivity contribution < 1.29 is 8.42 Å². The van der Waals surface area contributed by atoms with Gasteiger partial charge in [0, 0.05) is 18.8 Å². The molecule has 0 unspecified atom stereocenters. The summed E-state index contributed by atoms with van der Waals surface area (Å²) in [4.78, 5) is 13.6. The number of halogens is 1. The third-order valence-corrected chi connectivity index (χ3v) is 5.11. The van der Waals surface area contributed by atoms with Crippen molar-refractivity contribution in [3.8, 4) is 0 Å². The minimum atomic E-state index is -3.59. The number of sulfonamides is 1. The molecule has 0 radical (unpaired) electrons. The van der Waals surface area contributed by atoms with Crippen LogP contribution in [0.2, 0.25) is 5.02 Å². The summed E-state index contributed by atoms with van der Waals surface area (Å²) < 4.78 is 26.6. The van der Waals surface area contributed by atoms with Gasteiger partial charge in [0.25, 0.3) is 5.56 Å². The van der Waals surface area contributed by atoms with E-state index < -0.39 is 15.6 Å². The third-order valence-electron chi connectivity index (χ3n) is 2.94. The highest BCUT2D eigenvalue weighted by atomic mass is 35.5. The molecular weight excluding hydrogens is 288 g/mol. The average Bonchev–Trinajstić information content (AvgIpc) is 3.13. The maximum atomic E-state index is 12.6. The molecule has 1 fully saturated rings. The molecule has 1 heterocycles. The SMILES string of the molecule is CC(C)CN(C1CC1)S(=O)(=O)c1c[nH]c(=O)c(Cl)c1. The largest absolute Gasteiger partial charge is 0.326 e. The van der Waals surface area contributed by atoms with Crippen molar-refractivity contribution in [3.63, 3.8) is 0 Å². The Bertz CT molecular complexity index is 620. The molecule has 7 heteroatoms. The van der Waals surface area contributed by atoms with Gasteiger partial charge in [-0.2, -0.15) is 4.31 Å². The number of nitrogens with zero attached hydrogens (tertiary/aromatic N) is 1. The Hall–Kier alpha value is -0.850. The molecule has 0 aromatic carbocycles. The zero-order valence-electron chi connectivity index (χ0n) is 10.9. The number of rotatable bonds is 5. The van der Waals surface area contributed by atoms with Gasteiger partial charge in [0.2, 0.25) is 10.0 Å². The van der Waals surface area contributed by atoms with Crippen molar-refractivity contribution in [1.82, 2.24) is 9.29 Å². The van der Waals surface area contributed by atoms with E-state index in [2.05, 4.69) is 4.98 Å². The van der Waals surface area contributed by atoms with Gasteiger partial charge in [0.05, 0.1) is 4.90 Å². The quantitative estimate of drug-likeness (QED) is 0.902. The molecule has 1 aromatic rings. The Morgan fingerprint density at radius 2 is 2.11 bits per heavy atom. The highest BCUT2D eigenvalue weighted by molar-refractivity contribution is 7.89. The first-order chi connectivity index (χ1) is 8.82. The zero-order chi connectivity index (χ0) is 14.2. The van der Waals surface area contributed by atoms with Gasteiger partial charge in [-0.25, -0.2) is 8.42 Å². The van der Waals surface area contributed by atoms with E-state index in [4.69, 9.17) is 11.6 Å². The van der Waals surface area contributed by atoms with E-state index >= 15 is 0 Å². The Morgan fingerprint density at radius 1 is 1.47 bits per heavy atom. The van der Waals surface area contributed by atoms with Crippen LogP contribution in [0.5, 0.6) is 0 Å². The van der Waals surface area contributed by atoms with Crippen molar-refractivity contribution in [3.05, 3.63) is 27.6 Å². The lowest BCUT2D eigenvalue weighted by Gasteiger charge is -2.23. The van der Waals surface area contributed by atoms with Crippen LogP contribution in [0.3, 0.4) is 0 Å². The standard InChI is InChI=1S/C12H17ClN2O3S/c1-8(2)7-15(9-3-4-9)19(17,18)10-5-11(13)12(16)14-6-10/h5-6,8-9H,3-4,7H2,1-2H3,(H,14,16). The van der Waals surface area contributed by atoms with E-state index in [-0.39, 0.29) is 21.9 Å². The van der Waals surface area contributed by atoms with E-state index in [1.54, 1.807) is 0 Å². The minimum Gasteiger partial charge on any atom is -0.326 e. The first-order valence-electron chi connectivity index (χ1n) is 6.22. The second kappa shape index (κ2) is 5.26. The van der Waals surface area contributed by atoms with Crippen LogP contribution in [0.4, 0.5) is 0 Å². The number of pyridine rings is 1. The van der Waals surface area contributed by atoms with Gasteiger partial charge in [-0.05, 0) is 24.8 Å². The van der Waals surface area contributed by atoms with Gasteiger partial charge in [0.15, 0.2) is 0 Å². The lowest BCUT2D eigenvalue weighted by atomic mass is 10.2. The van der Waals surface area contributed by atoms with Gasteiger partial charge in [-0.15, -0.1) is 0 Å². The summed E-state index contributed by atoms with van der Waals surface area (Å²) in [5.74, 6) is 0.244. The lowest BCUT2D eigenvalue weighted by Crippen LogP contribution is -2.36. The Balaban J connectivity index is 2.38. The number of nitrogens with one attached hydrogen (secondary N) is 1. The van der Waals surface area contributed by atoms with Crippen LogP contribution < -0.4 is 5.56 Å². The molecule has 1 aromatic heterocycles. The summed E-state index contributed by atoms with van der Waals surface area (Å²) in [7, 11) is -3.59. The molecule has 0 saturated heterocycles. The molecule has 19 heavy (non-hydrogen) atoms. The van der Waals surface area contributed by atoms with Crippen molar-refractivity contribution in [1.29, 1.82) is 0 Å². The number of hydrogen-bond donors (Lipinski definition) is 1. The van der Waals surface area contributed by atoms with E-state index in [1.165, 1.54) is 16.6 Å². The Kier molecular flexibility index (Phi) is 4.03. The topological polar surface area (TPSA) is 70.2 Å². The monoisotopic (exact) mass is 304 g/mol. The van der Waals surface area contributed by atoms with E-state index in [9.17, 15) is 13.2 Å². The second-order valence-corrected chi connectivity index (χ2v) is 7.51. The first kappa shape index (κ1) is 14.6. The third kappa shape index (κ3) is 3.19. The summed E-state index contributed by atoms with van der Waals surface area (Å²) in [6, 6.07) is 1.30. The molecule has 0 bridgehead atoms. The van der Waals surface area contributed by atoms with Crippen LogP contribution in [0.1, 0.15) is 26.7 Å². The van der Waals surface area contributed by atoms with E-state index in [1.807, 2.05) is 13.8 Å². The number of aromatic amines is 1.